The molecule has 2 saturated heterocycles. The highest BCUT2D eigenvalue weighted by molar-refractivity contribution is 6.31. The van der Waals surface area contributed by atoms with E-state index in [1.807, 2.05) is 11.9 Å². The summed E-state index contributed by atoms with van der Waals surface area (Å²) in [4.78, 5) is 30.0. The first-order valence-electron chi connectivity index (χ1n) is 15.2. The molecule has 240 valence electrons. The monoisotopic (exact) mass is 644 g/mol. The molecule has 12 heteroatoms. The van der Waals surface area contributed by atoms with E-state index in [-0.39, 0.29) is 71.9 Å². The van der Waals surface area contributed by atoms with Crippen LogP contribution in [0.3, 0.4) is 0 Å². The quantitative estimate of drug-likeness (QED) is 0.311. The minimum Gasteiger partial charge on any atom is -0.478 e. The predicted octanol–water partition coefficient (Wildman–Crippen LogP) is 5.94. The average molecular weight is 645 g/mol. The fourth-order valence-electron chi connectivity index (χ4n) is 7.35. The number of likely N-dealkylation sites (tertiary alicyclic amines) is 2. The Kier molecular flexibility index (Phi) is 8.71. The number of alkyl halides is 2. The summed E-state index contributed by atoms with van der Waals surface area (Å²) >= 11 is 6.48. The van der Waals surface area contributed by atoms with Crippen LogP contribution in [0, 0.1) is 17.2 Å². The maximum absolute atomic E-state index is 13.8. The van der Waals surface area contributed by atoms with Crippen molar-refractivity contribution in [3.63, 3.8) is 0 Å². The molecule has 1 aliphatic carbocycles. The van der Waals surface area contributed by atoms with E-state index in [1.54, 1.807) is 41.3 Å². The lowest BCUT2D eigenvalue weighted by atomic mass is 9.72. The second-order valence-corrected chi connectivity index (χ2v) is 13.3. The molecular weight excluding hydrogens is 609 g/mol. The van der Waals surface area contributed by atoms with Crippen molar-refractivity contribution in [1.82, 2.24) is 19.6 Å². The Labute approximate surface area is 264 Å². The largest absolute Gasteiger partial charge is 0.478 e. The normalized spacial score (nSPS) is 21.3. The minimum atomic E-state index is -2.72. The van der Waals surface area contributed by atoms with Gasteiger partial charge in [0.25, 0.3) is 5.91 Å². The van der Waals surface area contributed by atoms with Gasteiger partial charge < -0.3 is 19.6 Å². The molecule has 2 aliphatic heterocycles. The van der Waals surface area contributed by atoms with Gasteiger partial charge >= 0.3 is 5.97 Å². The van der Waals surface area contributed by atoms with Gasteiger partial charge in [0.05, 0.1) is 37.1 Å². The molecule has 1 atom stereocenters. The van der Waals surface area contributed by atoms with Crippen LogP contribution in [0.5, 0.6) is 0 Å². The number of carboxylic acids is 1. The third-order valence-corrected chi connectivity index (χ3v) is 9.99. The molecule has 6 rings (SSSR count). The lowest BCUT2D eigenvalue weighted by molar-refractivity contribution is -0.0386. The van der Waals surface area contributed by atoms with Crippen LogP contribution >= 0.6 is 11.6 Å². The van der Waals surface area contributed by atoms with Crippen molar-refractivity contribution in [3.8, 4) is 0 Å². The van der Waals surface area contributed by atoms with Crippen LogP contribution in [0.25, 0.3) is 0 Å². The predicted molar refractivity (Wildman–Crippen MR) is 161 cm³/mol. The molecule has 1 amide bonds. The van der Waals surface area contributed by atoms with Crippen LogP contribution in [0.4, 0.5) is 13.2 Å². The van der Waals surface area contributed by atoms with Crippen molar-refractivity contribution in [2.45, 2.75) is 50.7 Å². The summed E-state index contributed by atoms with van der Waals surface area (Å²) in [5, 5.41) is 14.7. The fourth-order valence-corrected chi connectivity index (χ4v) is 7.57. The topological polar surface area (TPSA) is 87.9 Å². The Morgan fingerprint density at radius 3 is 2.47 bits per heavy atom. The number of carboxylic acid groups (broad SMARTS) is 1. The third-order valence-electron chi connectivity index (χ3n) is 9.63. The van der Waals surface area contributed by atoms with Crippen LogP contribution < -0.4 is 0 Å². The molecule has 3 heterocycles. The van der Waals surface area contributed by atoms with E-state index >= 15 is 0 Å². The molecule has 1 aromatic heterocycles. The smallest absolute Gasteiger partial charge is 0.336 e. The fraction of sp³-hybridized carbons (Fsp3) is 0.485. The van der Waals surface area contributed by atoms with Gasteiger partial charge in [0.1, 0.15) is 5.82 Å². The first-order chi connectivity index (χ1) is 21.4. The van der Waals surface area contributed by atoms with Crippen molar-refractivity contribution in [1.29, 1.82) is 0 Å². The summed E-state index contributed by atoms with van der Waals surface area (Å²) in [7, 11) is 2.03. The SMILES string of the molecule is CN1CC2(C1)CN(C(=O)c1cnn(Cc3ccc(F)cc3)c1)CC2COCc1c(Cl)ccc(C2CCC(F)(F)CC2)c1C(=O)O. The zero-order chi connectivity index (χ0) is 31.9. The molecule has 1 unspecified atom stereocenters. The second kappa shape index (κ2) is 12.4. The Balaban J connectivity index is 1.13. The molecule has 45 heavy (non-hydrogen) atoms. The number of hydrogen-bond donors (Lipinski definition) is 1. The highest BCUT2D eigenvalue weighted by Crippen LogP contribution is 2.45. The van der Waals surface area contributed by atoms with Crippen LogP contribution in [-0.2, 0) is 17.9 Å². The highest BCUT2D eigenvalue weighted by atomic mass is 35.5. The summed E-state index contributed by atoms with van der Waals surface area (Å²) in [5.74, 6) is -4.58. The molecule has 1 N–H and O–H groups in total. The summed E-state index contributed by atoms with van der Waals surface area (Å²) < 4.78 is 48.7. The molecular formula is C33H36ClF3N4O4. The Hall–Kier alpha value is -3.41. The zero-order valence-electron chi connectivity index (χ0n) is 25.0. The number of benzene rings is 2. The van der Waals surface area contributed by atoms with Gasteiger partial charge in [-0.15, -0.1) is 0 Å². The van der Waals surface area contributed by atoms with Crippen molar-refractivity contribution < 1.29 is 32.6 Å². The van der Waals surface area contributed by atoms with Gasteiger partial charge in [-0.25, -0.2) is 18.0 Å². The van der Waals surface area contributed by atoms with Crippen molar-refractivity contribution in [2.75, 3.05) is 39.8 Å². The van der Waals surface area contributed by atoms with E-state index < -0.39 is 11.9 Å². The lowest BCUT2D eigenvalue weighted by Crippen LogP contribution is -2.59. The van der Waals surface area contributed by atoms with Crippen molar-refractivity contribution in [2.24, 2.45) is 11.3 Å². The zero-order valence-corrected chi connectivity index (χ0v) is 25.8. The Bertz CT molecular complexity index is 1560. The number of amides is 1. The van der Waals surface area contributed by atoms with Crippen molar-refractivity contribution in [3.05, 3.63) is 87.4 Å². The number of nitrogens with zero attached hydrogens (tertiary/aromatic N) is 4. The third kappa shape index (κ3) is 6.62. The average Bonchev–Trinajstić information content (AvgIpc) is 3.60. The number of hydrogen-bond acceptors (Lipinski definition) is 5. The van der Waals surface area contributed by atoms with E-state index in [0.717, 1.165) is 18.7 Å². The number of carbonyl (C=O) groups is 2. The van der Waals surface area contributed by atoms with Crippen LogP contribution in [0.1, 0.15) is 69.0 Å². The molecule has 8 nitrogen and oxygen atoms in total. The van der Waals surface area contributed by atoms with E-state index in [1.165, 1.54) is 12.1 Å². The number of rotatable bonds is 9. The molecule has 0 bridgehead atoms. The van der Waals surface area contributed by atoms with E-state index in [9.17, 15) is 27.9 Å². The van der Waals surface area contributed by atoms with E-state index in [0.29, 0.717) is 42.9 Å². The van der Waals surface area contributed by atoms with Gasteiger partial charge in [-0.1, -0.05) is 29.8 Å². The number of carbonyl (C=O) groups excluding carboxylic acids is 1. The van der Waals surface area contributed by atoms with E-state index in [4.69, 9.17) is 16.3 Å². The summed E-state index contributed by atoms with van der Waals surface area (Å²) in [6.45, 7) is 3.32. The van der Waals surface area contributed by atoms with E-state index in [2.05, 4.69) is 10.00 Å². The Morgan fingerprint density at radius 2 is 1.80 bits per heavy atom. The maximum Gasteiger partial charge on any atom is 0.336 e. The van der Waals surface area contributed by atoms with Crippen LogP contribution in [0.15, 0.2) is 48.8 Å². The van der Waals surface area contributed by atoms with Gasteiger partial charge in [-0.05, 0) is 55.1 Å². The van der Waals surface area contributed by atoms with Crippen molar-refractivity contribution >= 4 is 23.5 Å². The minimum absolute atomic E-state index is 0.0164. The molecule has 3 fully saturated rings. The standard InChI is InChI=1S/C33H36ClF3N4O4/c1-39-18-32(19-39)20-40(30(42)23-12-38-41(14-23)13-21-2-4-25(35)5-3-21)15-24(32)16-45-17-27-28(34)7-6-26(29(27)31(43)44)22-8-10-33(36,37)11-9-22/h2-7,12,14,22,24H,8-11,13,15-20H2,1H3,(H,43,44). The van der Waals surface area contributed by atoms with Gasteiger partial charge in [-0.3, -0.25) is 9.48 Å². The number of halogens is 4. The molecule has 3 aromatic rings. The molecule has 1 saturated carbocycles. The molecule has 3 aliphatic rings. The first kappa shape index (κ1) is 31.6. The van der Waals surface area contributed by atoms with Gasteiger partial charge in [-0.2, -0.15) is 5.10 Å². The number of aromatic carboxylic acids is 1. The van der Waals surface area contributed by atoms with Crippen LogP contribution in [-0.4, -0.2) is 82.3 Å². The van der Waals surface area contributed by atoms with Crippen LogP contribution in [0.2, 0.25) is 5.02 Å². The summed E-state index contributed by atoms with van der Waals surface area (Å²) in [6, 6.07) is 9.41. The molecule has 0 radical (unpaired) electrons. The molecule has 2 aromatic carbocycles. The summed E-state index contributed by atoms with van der Waals surface area (Å²) in [5.41, 5.74) is 2.09. The maximum atomic E-state index is 13.8. The lowest BCUT2D eigenvalue weighted by Gasteiger charge is -2.49. The number of ether oxygens (including phenoxy) is 1. The number of aromatic nitrogens is 2. The highest BCUT2D eigenvalue weighted by Gasteiger charge is 2.54. The van der Waals surface area contributed by atoms with Gasteiger partial charge in [0, 0.05) is 67.1 Å². The van der Waals surface area contributed by atoms with Gasteiger partial charge in [0.2, 0.25) is 5.92 Å². The second-order valence-electron chi connectivity index (χ2n) is 12.9. The van der Waals surface area contributed by atoms with Gasteiger partial charge in [0.15, 0.2) is 0 Å². The molecule has 1 spiro atoms. The first-order valence-corrected chi connectivity index (χ1v) is 15.6. The Morgan fingerprint density at radius 1 is 1.09 bits per heavy atom. The summed E-state index contributed by atoms with van der Waals surface area (Å²) in [6.07, 6.45) is 3.13.